The van der Waals surface area contributed by atoms with Gasteiger partial charge in [-0.3, -0.25) is 0 Å². The molecule has 0 amide bonds. The molecule has 0 aromatic rings. The summed E-state index contributed by atoms with van der Waals surface area (Å²) >= 11 is 6.27. The SMILES string of the molecule is CC1CCC(C)C2(C1)CC(Cl)CCO2. The van der Waals surface area contributed by atoms with E-state index in [4.69, 9.17) is 16.3 Å². The molecule has 0 bridgehead atoms. The fourth-order valence-corrected chi connectivity index (χ4v) is 3.45. The van der Waals surface area contributed by atoms with Crippen LogP contribution in [0.5, 0.6) is 0 Å². The first kappa shape index (κ1) is 10.8. The first-order valence-electron chi connectivity index (χ1n) is 5.90. The zero-order valence-electron chi connectivity index (χ0n) is 9.26. The second-order valence-electron chi connectivity index (χ2n) is 5.29. The number of halogens is 1. The molecule has 1 saturated heterocycles. The maximum Gasteiger partial charge on any atom is 0.0724 e. The molecule has 1 aliphatic carbocycles. The maximum atomic E-state index is 6.27. The van der Waals surface area contributed by atoms with E-state index in [0.29, 0.717) is 11.3 Å². The zero-order valence-corrected chi connectivity index (χ0v) is 10.0. The van der Waals surface area contributed by atoms with Crippen LogP contribution in [-0.2, 0) is 4.74 Å². The Morgan fingerprint density at radius 3 is 2.64 bits per heavy atom. The van der Waals surface area contributed by atoms with Crippen LogP contribution in [0.4, 0.5) is 0 Å². The Morgan fingerprint density at radius 1 is 1.14 bits per heavy atom. The molecule has 0 aromatic carbocycles. The van der Waals surface area contributed by atoms with Gasteiger partial charge in [0.1, 0.15) is 0 Å². The van der Waals surface area contributed by atoms with Gasteiger partial charge < -0.3 is 4.74 Å². The van der Waals surface area contributed by atoms with Crippen LogP contribution < -0.4 is 0 Å². The van der Waals surface area contributed by atoms with E-state index in [-0.39, 0.29) is 5.60 Å². The van der Waals surface area contributed by atoms with E-state index < -0.39 is 0 Å². The molecular weight excluding hydrogens is 196 g/mol. The summed E-state index contributed by atoms with van der Waals surface area (Å²) in [7, 11) is 0. The van der Waals surface area contributed by atoms with Gasteiger partial charge in [-0.1, -0.05) is 20.3 Å². The monoisotopic (exact) mass is 216 g/mol. The minimum atomic E-state index is 0.127. The highest BCUT2D eigenvalue weighted by Crippen LogP contribution is 2.45. The van der Waals surface area contributed by atoms with Crippen molar-refractivity contribution in [3.63, 3.8) is 0 Å². The molecule has 2 fully saturated rings. The molecule has 1 nitrogen and oxygen atoms in total. The molecule has 4 unspecified atom stereocenters. The molecule has 14 heavy (non-hydrogen) atoms. The zero-order chi connectivity index (χ0) is 10.2. The number of rotatable bonds is 0. The van der Waals surface area contributed by atoms with E-state index in [2.05, 4.69) is 13.8 Å². The Balaban J connectivity index is 2.10. The average molecular weight is 217 g/mol. The Kier molecular flexibility index (Phi) is 3.09. The molecule has 1 spiro atoms. The molecule has 1 saturated carbocycles. The largest absolute Gasteiger partial charge is 0.375 e. The maximum absolute atomic E-state index is 6.27. The number of hydrogen-bond donors (Lipinski definition) is 0. The minimum absolute atomic E-state index is 0.127. The number of alkyl halides is 1. The lowest BCUT2D eigenvalue weighted by atomic mass is 9.69. The van der Waals surface area contributed by atoms with E-state index in [0.717, 1.165) is 25.4 Å². The van der Waals surface area contributed by atoms with Crippen LogP contribution in [0, 0.1) is 11.8 Å². The van der Waals surface area contributed by atoms with Gasteiger partial charge in [-0.25, -0.2) is 0 Å². The molecule has 2 rings (SSSR count). The lowest BCUT2D eigenvalue weighted by Gasteiger charge is -2.48. The second kappa shape index (κ2) is 4.02. The highest BCUT2D eigenvalue weighted by Gasteiger charge is 2.44. The number of ether oxygens (including phenoxy) is 1. The van der Waals surface area contributed by atoms with Crippen molar-refractivity contribution < 1.29 is 4.74 Å². The Hall–Kier alpha value is 0.250. The van der Waals surface area contributed by atoms with Gasteiger partial charge in [0, 0.05) is 12.0 Å². The summed E-state index contributed by atoms with van der Waals surface area (Å²) in [5.41, 5.74) is 0.127. The molecule has 0 aromatic heterocycles. The molecule has 1 heterocycles. The van der Waals surface area contributed by atoms with Crippen LogP contribution in [-0.4, -0.2) is 17.6 Å². The Morgan fingerprint density at radius 2 is 1.93 bits per heavy atom. The van der Waals surface area contributed by atoms with Gasteiger partial charge in [-0.15, -0.1) is 11.6 Å². The third-order valence-corrected chi connectivity index (χ3v) is 4.44. The first-order valence-corrected chi connectivity index (χ1v) is 6.34. The van der Waals surface area contributed by atoms with E-state index in [9.17, 15) is 0 Å². The lowest BCUT2D eigenvalue weighted by molar-refractivity contribution is -0.138. The van der Waals surface area contributed by atoms with Crippen molar-refractivity contribution in [3.8, 4) is 0 Å². The molecule has 0 N–H and O–H groups in total. The van der Waals surface area contributed by atoms with Gasteiger partial charge in [0.2, 0.25) is 0 Å². The van der Waals surface area contributed by atoms with Crippen LogP contribution >= 0.6 is 11.6 Å². The van der Waals surface area contributed by atoms with E-state index in [1.165, 1.54) is 19.3 Å². The van der Waals surface area contributed by atoms with Gasteiger partial charge >= 0.3 is 0 Å². The van der Waals surface area contributed by atoms with Crippen molar-refractivity contribution in [2.24, 2.45) is 11.8 Å². The molecule has 82 valence electrons. The van der Waals surface area contributed by atoms with Crippen LogP contribution in [0.2, 0.25) is 0 Å². The second-order valence-corrected chi connectivity index (χ2v) is 5.91. The first-order chi connectivity index (χ1) is 6.62. The fourth-order valence-electron chi connectivity index (χ4n) is 3.10. The molecule has 4 atom stereocenters. The molecular formula is C12H21ClO. The summed E-state index contributed by atoms with van der Waals surface area (Å²) in [6, 6.07) is 0. The summed E-state index contributed by atoms with van der Waals surface area (Å²) in [5.74, 6) is 1.51. The van der Waals surface area contributed by atoms with Crippen molar-refractivity contribution >= 4 is 11.6 Å². The quantitative estimate of drug-likeness (QED) is 0.563. The summed E-state index contributed by atoms with van der Waals surface area (Å²) < 4.78 is 6.08. The Bertz CT molecular complexity index is 198. The molecule has 2 aliphatic rings. The van der Waals surface area contributed by atoms with Crippen LogP contribution in [0.15, 0.2) is 0 Å². The average Bonchev–Trinajstić information content (AvgIpc) is 2.12. The predicted molar refractivity (Wildman–Crippen MR) is 59.7 cm³/mol. The fraction of sp³-hybridized carbons (Fsp3) is 1.00. The van der Waals surface area contributed by atoms with E-state index >= 15 is 0 Å². The van der Waals surface area contributed by atoms with Crippen molar-refractivity contribution in [3.05, 3.63) is 0 Å². The molecule has 0 radical (unpaired) electrons. The number of hydrogen-bond acceptors (Lipinski definition) is 1. The normalized spacial score (nSPS) is 49.5. The smallest absolute Gasteiger partial charge is 0.0724 e. The highest BCUT2D eigenvalue weighted by atomic mass is 35.5. The van der Waals surface area contributed by atoms with Crippen LogP contribution in [0.1, 0.15) is 46.0 Å². The van der Waals surface area contributed by atoms with Gasteiger partial charge in [0.25, 0.3) is 0 Å². The summed E-state index contributed by atoms with van der Waals surface area (Å²) in [6.07, 6.45) is 5.99. The van der Waals surface area contributed by atoms with Gasteiger partial charge in [-0.05, 0) is 37.5 Å². The third kappa shape index (κ3) is 1.94. The van der Waals surface area contributed by atoms with Crippen LogP contribution in [0.25, 0.3) is 0 Å². The summed E-state index contributed by atoms with van der Waals surface area (Å²) in [5, 5.41) is 0.344. The van der Waals surface area contributed by atoms with Crippen molar-refractivity contribution in [2.45, 2.75) is 56.9 Å². The van der Waals surface area contributed by atoms with Crippen LogP contribution in [0.3, 0.4) is 0 Å². The van der Waals surface area contributed by atoms with Crippen molar-refractivity contribution in [1.29, 1.82) is 0 Å². The Labute approximate surface area is 92.2 Å². The summed E-state index contributed by atoms with van der Waals surface area (Å²) in [4.78, 5) is 0. The molecule has 1 aliphatic heterocycles. The van der Waals surface area contributed by atoms with Gasteiger partial charge in [-0.2, -0.15) is 0 Å². The van der Waals surface area contributed by atoms with Gasteiger partial charge in [0.05, 0.1) is 5.60 Å². The van der Waals surface area contributed by atoms with E-state index in [1.807, 2.05) is 0 Å². The lowest BCUT2D eigenvalue weighted by Crippen LogP contribution is -2.49. The third-order valence-electron chi connectivity index (χ3n) is 4.07. The van der Waals surface area contributed by atoms with Crippen molar-refractivity contribution in [1.82, 2.24) is 0 Å². The summed E-state index contributed by atoms with van der Waals surface area (Å²) in [6.45, 7) is 5.54. The standard InChI is InChI=1S/C12H21ClO/c1-9-3-4-10(2)12(7-9)8-11(13)5-6-14-12/h9-11H,3-8H2,1-2H3. The molecule has 2 heteroatoms. The predicted octanol–water partition coefficient (Wildman–Crippen LogP) is 3.60. The topological polar surface area (TPSA) is 9.23 Å². The highest BCUT2D eigenvalue weighted by molar-refractivity contribution is 6.20. The van der Waals surface area contributed by atoms with Crippen molar-refractivity contribution in [2.75, 3.05) is 6.61 Å². The van der Waals surface area contributed by atoms with E-state index in [1.54, 1.807) is 0 Å². The minimum Gasteiger partial charge on any atom is -0.375 e. The van der Waals surface area contributed by atoms with Gasteiger partial charge in [0.15, 0.2) is 0 Å².